The number of benzene rings is 1. The lowest BCUT2D eigenvalue weighted by Crippen LogP contribution is -2.43. The van der Waals surface area contributed by atoms with Crippen LogP contribution in [0.15, 0.2) is 24.3 Å². The summed E-state index contributed by atoms with van der Waals surface area (Å²) in [4.78, 5) is 12.7. The van der Waals surface area contributed by atoms with Crippen molar-refractivity contribution in [2.24, 2.45) is 11.3 Å². The first-order chi connectivity index (χ1) is 11.0. The maximum absolute atomic E-state index is 13.1. The topological polar surface area (TPSA) is 49.3 Å². The first-order valence-corrected chi connectivity index (χ1v) is 8.61. The molecule has 1 amide bonds. The maximum Gasteiger partial charge on any atom is 0.227 e. The summed E-state index contributed by atoms with van der Waals surface area (Å²) < 4.78 is 13.1. The molecule has 0 saturated heterocycles. The minimum absolute atomic E-state index is 0.0370. The Bertz CT molecular complexity index is 507. The molecule has 1 aromatic rings. The Morgan fingerprint density at radius 2 is 1.83 bits per heavy atom. The summed E-state index contributed by atoms with van der Waals surface area (Å²) in [5, 5.41) is 12.8. The first-order valence-electron chi connectivity index (χ1n) is 8.61. The van der Waals surface area contributed by atoms with Crippen molar-refractivity contribution < 1.29 is 14.3 Å². The van der Waals surface area contributed by atoms with E-state index >= 15 is 0 Å². The number of halogens is 1. The van der Waals surface area contributed by atoms with Gasteiger partial charge in [0.05, 0.1) is 12.5 Å². The van der Waals surface area contributed by atoms with Crippen LogP contribution in [0.3, 0.4) is 0 Å². The summed E-state index contributed by atoms with van der Waals surface area (Å²) in [5.41, 5.74) is 0.665. The van der Waals surface area contributed by atoms with E-state index in [0.29, 0.717) is 6.54 Å². The minimum Gasteiger partial charge on any atom is -0.396 e. The van der Waals surface area contributed by atoms with E-state index in [4.69, 9.17) is 0 Å². The average molecular weight is 321 g/mol. The molecule has 1 aliphatic carbocycles. The van der Waals surface area contributed by atoms with Gasteiger partial charge in [0, 0.05) is 12.0 Å². The molecule has 3 nitrogen and oxygen atoms in total. The lowest BCUT2D eigenvalue weighted by Gasteiger charge is -2.36. The van der Waals surface area contributed by atoms with Gasteiger partial charge in [-0.15, -0.1) is 0 Å². The lowest BCUT2D eigenvalue weighted by atomic mass is 9.74. The number of rotatable bonds is 6. The highest BCUT2D eigenvalue weighted by Crippen LogP contribution is 2.35. The molecule has 1 unspecified atom stereocenters. The summed E-state index contributed by atoms with van der Waals surface area (Å²) in [6.45, 7) is 4.63. The Balaban J connectivity index is 2.05. The number of hydrogen-bond acceptors (Lipinski definition) is 2. The van der Waals surface area contributed by atoms with Crippen molar-refractivity contribution in [2.45, 2.75) is 51.9 Å². The maximum atomic E-state index is 13.1. The van der Waals surface area contributed by atoms with Gasteiger partial charge in [-0.2, -0.15) is 0 Å². The Labute approximate surface area is 138 Å². The quantitative estimate of drug-likeness (QED) is 0.840. The lowest BCUT2D eigenvalue weighted by molar-refractivity contribution is -0.124. The van der Waals surface area contributed by atoms with Gasteiger partial charge in [-0.3, -0.25) is 4.79 Å². The third kappa shape index (κ3) is 4.54. The Morgan fingerprint density at radius 1 is 1.22 bits per heavy atom. The van der Waals surface area contributed by atoms with Gasteiger partial charge in [0.25, 0.3) is 0 Å². The van der Waals surface area contributed by atoms with Crippen molar-refractivity contribution in [1.82, 2.24) is 5.32 Å². The summed E-state index contributed by atoms with van der Waals surface area (Å²) in [6, 6.07) is 6.16. The zero-order valence-electron chi connectivity index (χ0n) is 14.1. The summed E-state index contributed by atoms with van der Waals surface area (Å²) in [7, 11) is 0. The highest BCUT2D eigenvalue weighted by molar-refractivity contribution is 5.83. The number of aliphatic hydroxyl groups is 1. The first kappa shape index (κ1) is 17.9. The van der Waals surface area contributed by atoms with Crippen molar-refractivity contribution in [3.05, 3.63) is 35.6 Å². The molecule has 0 aromatic heterocycles. The molecule has 1 fully saturated rings. The van der Waals surface area contributed by atoms with Crippen LogP contribution in [0.25, 0.3) is 0 Å². The van der Waals surface area contributed by atoms with Crippen molar-refractivity contribution in [2.75, 3.05) is 13.2 Å². The largest absolute Gasteiger partial charge is 0.396 e. The third-order valence-corrected chi connectivity index (χ3v) is 5.07. The van der Waals surface area contributed by atoms with Crippen LogP contribution in [0.2, 0.25) is 0 Å². The van der Waals surface area contributed by atoms with Crippen LogP contribution in [0, 0.1) is 17.2 Å². The Kier molecular flexibility index (Phi) is 6.17. The van der Waals surface area contributed by atoms with Crippen LogP contribution in [-0.4, -0.2) is 24.2 Å². The molecule has 0 spiro atoms. The van der Waals surface area contributed by atoms with Crippen LogP contribution >= 0.6 is 0 Å². The molecule has 2 N–H and O–H groups in total. The van der Waals surface area contributed by atoms with Gasteiger partial charge >= 0.3 is 0 Å². The molecule has 0 heterocycles. The van der Waals surface area contributed by atoms with Gasteiger partial charge in [0.15, 0.2) is 0 Å². The summed E-state index contributed by atoms with van der Waals surface area (Å²) >= 11 is 0. The monoisotopic (exact) mass is 321 g/mol. The van der Waals surface area contributed by atoms with Crippen LogP contribution in [0.1, 0.15) is 57.4 Å². The van der Waals surface area contributed by atoms with Gasteiger partial charge in [0.1, 0.15) is 5.82 Å². The van der Waals surface area contributed by atoms with E-state index in [1.807, 2.05) is 13.8 Å². The third-order valence-electron chi connectivity index (χ3n) is 5.07. The molecule has 1 atom stereocenters. The fraction of sp³-hybridized carbons (Fsp3) is 0.632. The molecule has 0 bridgehead atoms. The number of aliphatic hydroxyl groups excluding tert-OH is 1. The predicted octanol–water partition coefficient (Wildman–Crippen LogP) is 3.62. The van der Waals surface area contributed by atoms with E-state index in [9.17, 15) is 14.3 Å². The predicted molar refractivity (Wildman–Crippen MR) is 89.6 cm³/mol. The molecule has 2 rings (SSSR count). The highest BCUT2D eigenvalue weighted by atomic mass is 19.1. The number of amides is 1. The molecule has 0 radical (unpaired) electrons. The van der Waals surface area contributed by atoms with E-state index in [1.54, 1.807) is 12.1 Å². The van der Waals surface area contributed by atoms with Crippen molar-refractivity contribution in [3.8, 4) is 0 Å². The smallest absolute Gasteiger partial charge is 0.227 e. The van der Waals surface area contributed by atoms with Gasteiger partial charge in [-0.1, -0.05) is 45.2 Å². The molecular formula is C19H28FNO2. The van der Waals surface area contributed by atoms with Gasteiger partial charge in [-0.05, 0) is 36.5 Å². The fourth-order valence-corrected chi connectivity index (χ4v) is 3.59. The molecular weight excluding hydrogens is 293 g/mol. The van der Waals surface area contributed by atoms with Gasteiger partial charge in [-0.25, -0.2) is 4.39 Å². The van der Waals surface area contributed by atoms with E-state index in [1.165, 1.54) is 18.6 Å². The van der Waals surface area contributed by atoms with Crippen LogP contribution in [-0.2, 0) is 4.79 Å². The van der Waals surface area contributed by atoms with Gasteiger partial charge < -0.3 is 10.4 Å². The minimum atomic E-state index is -0.296. The molecule has 23 heavy (non-hydrogen) atoms. The van der Waals surface area contributed by atoms with Gasteiger partial charge in [0.2, 0.25) is 5.91 Å². The number of hydrogen-bond donors (Lipinski definition) is 2. The second-order valence-corrected chi connectivity index (χ2v) is 7.21. The second kappa shape index (κ2) is 7.91. The molecule has 4 heteroatoms. The summed E-state index contributed by atoms with van der Waals surface area (Å²) in [6.07, 6.45) is 5.36. The number of nitrogens with one attached hydrogen (secondary N) is 1. The van der Waals surface area contributed by atoms with E-state index in [0.717, 1.165) is 31.2 Å². The van der Waals surface area contributed by atoms with Crippen molar-refractivity contribution in [3.63, 3.8) is 0 Å². The zero-order valence-corrected chi connectivity index (χ0v) is 14.1. The Hall–Kier alpha value is -1.42. The van der Waals surface area contributed by atoms with E-state index in [2.05, 4.69) is 5.32 Å². The highest BCUT2D eigenvalue weighted by Gasteiger charge is 2.33. The average Bonchev–Trinajstić information content (AvgIpc) is 2.55. The summed E-state index contributed by atoms with van der Waals surface area (Å²) in [5.74, 6) is -0.505. The molecule has 0 aliphatic heterocycles. The molecule has 1 aromatic carbocycles. The van der Waals surface area contributed by atoms with Crippen LogP contribution < -0.4 is 5.32 Å². The van der Waals surface area contributed by atoms with Crippen molar-refractivity contribution in [1.29, 1.82) is 0 Å². The SMILES string of the molecule is CC(C)C(C(=O)NCC1(CO)CCCCC1)c1ccc(F)cc1. The molecule has 1 saturated carbocycles. The zero-order chi connectivity index (χ0) is 16.9. The Morgan fingerprint density at radius 3 is 2.35 bits per heavy atom. The number of carbonyl (C=O) groups is 1. The molecule has 1 aliphatic rings. The normalized spacial score (nSPS) is 18.7. The molecule has 128 valence electrons. The standard InChI is InChI=1S/C19H28FNO2/c1-14(2)17(15-6-8-16(20)9-7-15)18(23)21-12-19(13-22)10-4-3-5-11-19/h6-9,14,17,22H,3-5,10-13H2,1-2H3,(H,21,23). The second-order valence-electron chi connectivity index (χ2n) is 7.21. The number of carbonyl (C=O) groups excluding carboxylic acids is 1. The van der Waals surface area contributed by atoms with Crippen LogP contribution in [0.4, 0.5) is 4.39 Å². The van der Waals surface area contributed by atoms with E-state index in [-0.39, 0.29) is 35.6 Å². The fourth-order valence-electron chi connectivity index (χ4n) is 3.59. The van der Waals surface area contributed by atoms with Crippen molar-refractivity contribution >= 4 is 5.91 Å². The van der Waals surface area contributed by atoms with E-state index < -0.39 is 0 Å². The van der Waals surface area contributed by atoms with Crippen LogP contribution in [0.5, 0.6) is 0 Å².